The number of carbonyl (C=O) groups excluding carboxylic acids is 1. The Morgan fingerprint density at radius 1 is 1.09 bits per heavy atom. The van der Waals surface area contributed by atoms with Gasteiger partial charge in [-0.25, -0.2) is 4.98 Å². The number of benzene rings is 1. The Balaban J connectivity index is 1.65. The minimum absolute atomic E-state index is 0.0543. The second-order valence-electron chi connectivity index (χ2n) is 5.19. The topological polar surface area (TPSA) is 62.5 Å². The number of hydrogen-bond acceptors (Lipinski definition) is 4. The van der Waals surface area contributed by atoms with Crippen LogP contribution in [0.1, 0.15) is 10.4 Å². The van der Waals surface area contributed by atoms with Crippen molar-refractivity contribution in [3.05, 3.63) is 53.2 Å². The molecule has 0 saturated carbocycles. The summed E-state index contributed by atoms with van der Waals surface area (Å²) in [6.07, 6.45) is 1.59. The lowest BCUT2D eigenvalue weighted by Crippen LogP contribution is -2.49. The molecule has 0 radical (unpaired) electrons. The summed E-state index contributed by atoms with van der Waals surface area (Å²) in [5.41, 5.74) is 7.38. The molecule has 1 fully saturated rings. The van der Waals surface area contributed by atoms with Gasteiger partial charge < -0.3 is 15.5 Å². The Morgan fingerprint density at radius 3 is 2.41 bits per heavy atom. The van der Waals surface area contributed by atoms with Crippen molar-refractivity contribution in [3.63, 3.8) is 0 Å². The van der Waals surface area contributed by atoms with E-state index in [0.717, 1.165) is 23.8 Å². The predicted molar refractivity (Wildman–Crippen MR) is 88.2 cm³/mol. The van der Waals surface area contributed by atoms with E-state index in [4.69, 9.17) is 17.3 Å². The van der Waals surface area contributed by atoms with Crippen LogP contribution in [0.4, 0.5) is 11.5 Å². The van der Waals surface area contributed by atoms with E-state index in [1.807, 2.05) is 29.2 Å². The number of nitrogens with two attached hydrogens (primary N) is 1. The first-order chi connectivity index (χ1) is 10.6. The van der Waals surface area contributed by atoms with Crippen molar-refractivity contribution < 1.29 is 4.79 Å². The summed E-state index contributed by atoms with van der Waals surface area (Å²) in [6, 6.07) is 11.2. The van der Waals surface area contributed by atoms with E-state index in [-0.39, 0.29) is 11.7 Å². The smallest absolute Gasteiger partial charge is 0.257 e. The van der Waals surface area contributed by atoms with Gasteiger partial charge in [0.15, 0.2) is 0 Å². The van der Waals surface area contributed by atoms with Crippen LogP contribution in [0, 0.1) is 0 Å². The zero-order valence-corrected chi connectivity index (χ0v) is 12.8. The molecule has 2 N–H and O–H groups in total. The fraction of sp³-hybridized carbons (Fsp3) is 0.250. The Kier molecular flexibility index (Phi) is 4.15. The SMILES string of the molecule is Nc1ncccc1C(=O)N1CCN(c2ccc(Cl)cc2)CC1. The van der Waals surface area contributed by atoms with Crippen molar-refractivity contribution in [2.24, 2.45) is 0 Å². The molecule has 6 heteroatoms. The van der Waals surface area contributed by atoms with Gasteiger partial charge in [0, 0.05) is 43.1 Å². The second kappa shape index (κ2) is 6.23. The van der Waals surface area contributed by atoms with Crippen molar-refractivity contribution in [2.75, 3.05) is 36.8 Å². The first-order valence-electron chi connectivity index (χ1n) is 7.15. The zero-order chi connectivity index (χ0) is 15.5. The molecule has 1 aromatic heterocycles. The molecule has 114 valence electrons. The van der Waals surface area contributed by atoms with Gasteiger partial charge >= 0.3 is 0 Å². The van der Waals surface area contributed by atoms with Crippen LogP contribution in [0.15, 0.2) is 42.6 Å². The van der Waals surface area contributed by atoms with E-state index in [9.17, 15) is 4.79 Å². The van der Waals surface area contributed by atoms with E-state index < -0.39 is 0 Å². The van der Waals surface area contributed by atoms with E-state index >= 15 is 0 Å². The lowest BCUT2D eigenvalue weighted by Gasteiger charge is -2.36. The van der Waals surface area contributed by atoms with Gasteiger partial charge in [-0.05, 0) is 36.4 Å². The summed E-state index contributed by atoms with van der Waals surface area (Å²) in [5.74, 6) is 0.231. The highest BCUT2D eigenvalue weighted by atomic mass is 35.5. The van der Waals surface area contributed by atoms with E-state index in [0.29, 0.717) is 18.7 Å². The van der Waals surface area contributed by atoms with Gasteiger partial charge in [-0.1, -0.05) is 11.6 Å². The van der Waals surface area contributed by atoms with Crippen LogP contribution in [0.2, 0.25) is 5.02 Å². The molecule has 1 aliphatic rings. The summed E-state index contributed by atoms with van der Waals surface area (Å²) in [6.45, 7) is 2.90. The average Bonchev–Trinajstić information content (AvgIpc) is 2.56. The third-order valence-electron chi connectivity index (χ3n) is 3.83. The molecule has 0 aliphatic carbocycles. The van der Waals surface area contributed by atoms with Crippen molar-refractivity contribution >= 4 is 29.0 Å². The fourth-order valence-corrected chi connectivity index (χ4v) is 2.71. The van der Waals surface area contributed by atoms with Crippen LogP contribution in [-0.4, -0.2) is 42.0 Å². The van der Waals surface area contributed by atoms with E-state index in [2.05, 4.69) is 9.88 Å². The van der Waals surface area contributed by atoms with Gasteiger partial charge in [-0.15, -0.1) is 0 Å². The molecule has 1 amide bonds. The normalized spacial score (nSPS) is 15.0. The maximum atomic E-state index is 12.5. The van der Waals surface area contributed by atoms with Crippen LogP contribution in [0.3, 0.4) is 0 Å². The lowest BCUT2D eigenvalue weighted by molar-refractivity contribution is 0.0747. The van der Waals surface area contributed by atoms with Crippen molar-refractivity contribution in [3.8, 4) is 0 Å². The summed E-state index contributed by atoms with van der Waals surface area (Å²) in [7, 11) is 0. The molecule has 1 saturated heterocycles. The Hall–Kier alpha value is -2.27. The number of piperazine rings is 1. The standard InChI is InChI=1S/C16H17ClN4O/c17-12-3-5-13(6-4-12)20-8-10-21(11-9-20)16(22)14-2-1-7-19-15(14)18/h1-7H,8-11H2,(H2,18,19). The molecule has 5 nitrogen and oxygen atoms in total. The van der Waals surface area contributed by atoms with Crippen LogP contribution >= 0.6 is 11.6 Å². The first kappa shape index (κ1) is 14.7. The summed E-state index contributed by atoms with van der Waals surface area (Å²) in [4.78, 5) is 20.5. The number of rotatable bonds is 2. The molecular formula is C16H17ClN4O. The number of hydrogen-bond donors (Lipinski definition) is 1. The maximum Gasteiger partial charge on any atom is 0.257 e. The first-order valence-corrected chi connectivity index (χ1v) is 7.53. The maximum absolute atomic E-state index is 12.5. The van der Waals surface area contributed by atoms with E-state index in [1.165, 1.54) is 0 Å². The quantitative estimate of drug-likeness (QED) is 0.923. The van der Waals surface area contributed by atoms with Gasteiger partial charge in [0.05, 0.1) is 5.56 Å². The molecule has 22 heavy (non-hydrogen) atoms. The van der Waals surface area contributed by atoms with Crippen LogP contribution in [0.5, 0.6) is 0 Å². The molecule has 0 atom stereocenters. The highest BCUT2D eigenvalue weighted by Gasteiger charge is 2.23. The predicted octanol–water partition coefficient (Wildman–Crippen LogP) is 2.28. The number of aromatic nitrogens is 1. The minimum Gasteiger partial charge on any atom is -0.383 e. The number of nitrogen functional groups attached to an aromatic ring is 1. The van der Waals surface area contributed by atoms with Gasteiger partial charge in [0.2, 0.25) is 0 Å². The molecule has 1 aromatic carbocycles. The molecule has 2 heterocycles. The molecule has 2 aromatic rings. The molecule has 0 bridgehead atoms. The molecule has 1 aliphatic heterocycles. The average molecular weight is 317 g/mol. The molecule has 0 unspecified atom stereocenters. The third-order valence-corrected chi connectivity index (χ3v) is 4.08. The van der Waals surface area contributed by atoms with Crippen molar-refractivity contribution in [2.45, 2.75) is 0 Å². The number of amides is 1. The van der Waals surface area contributed by atoms with Crippen molar-refractivity contribution in [1.82, 2.24) is 9.88 Å². The second-order valence-corrected chi connectivity index (χ2v) is 5.63. The Bertz CT molecular complexity index is 666. The number of anilines is 2. The van der Waals surface area contributed by atoms with Gasteiger partial charge in [0.25, 0.3) is 5.91 Å². The minimum atomic E-state index is -0.0543. The highest BCUT2D eigenvalue weighted by molar-refractivity contribution is 6.30. The number of halogens is 1. The van der Waals surface area contributed by atoms with Crippen LogP contribution in [-0.2, 0) is 0 Å². The number of nitrogens with zero attached hydrogens (tertiary/aromatic N) is 3. The summed E-state index contributed by atoms with van der Waals surface area (Å²) >= 11 is 5.91. The summed E-state index contributed by atoms with van der Waals surface area (Å²) in [5, 5.41) is 0.726. The number of pyridine rings is 1. The van der Waals surface area contributed by atoms with Crippen LogP contribution in [0.25, 0.3) is 0 Å². The monoisotopic (exact) mass is 316 g/mol. The fourth-order valence-electron chi connectivity index (χ4n) is 2.59. The third kappa shape index (κ3) is 2.99. The Morgan fingerprint density at radius 2 is 1.77 bits per heavy atom. The molecule has 0 spiro atoms. The summed E-state index contributed by atoms with van der Waals surface area (Å²) < 4.78 is 0. The van der Waals surface area contributed by atoms with Crippen LogP contribution < -0.4 is 10.6 Å². The molecule has 3 rings (SSSR count). The highest BCUT2D eigenvalue weighted by Crippen LogP contribution is 2.20. The van der Waals surface area contributed by atoms with Crippen molar-refractivity contribution in [1.29, 1.82) is 0 Å². The Labute approximate surface area is 134 Å². The lowest BCUT2D eigenvalue weighted by atomic mass is 10.2. The number of carbonyl (C=O) groups is 1. The largest absolute Gasteiger partial charge is 0.383 e. The van der Waals surface area contributed by atoms with Gasteiger partial charge in [-0.2, -0.15) is 0 Å². The van der Waals surface area contributed by atoms with E-state index in [1.54, 1.807) is 18.3 Å². The van der Waals surface area contributed by atoms with Gasteiger partial charge in [0.1, 0.15) is 5.82 Å². The zero-order valence-electron chi connectivity index (χ0n) is 12.1. The molecular weight excluding hydrogens is 300 g/mol. The van der Waals surface area contributed by atoms with Gasteiger partial charge in [-0.3, -0.25) is 4.79 Å².